The molecule has 1 fully saturated rings. The maximum absolute atomic E-state index is 12.9. The quantitative estimate of drug-likeness (QED) is 0.941. The fraction of sp³-hybridized carbons (Fsp3) is 0.389. The van der Waals surface area contributed by atoms with Gasteiger partial charge in [0, 0.05) is 31.9 Å². The standard InChI is InChI=1S/C18H23N3O/c1-19-13-15-9-6-12-21(15)18(22)17-11-10-16(20(17)2)14-7-4-3-5-8-14/h3-5,7-8,10-11,15,19H,6,9,12-13H2,1-2H3. The molecular formula is C18H23N3O. The molecule has 22 heavy (non-hydrogen) atoms. The first kappa shape index (κ1) is 14.9. The fourth-order valence-corrected chi connectivity index (χ4v) is 3.32. The minimum Gasteiger partial charge on any atom is -0.340 e. The predicted octanol–water partition coefficient (Wildman–Crippen LogP) is 2.52. The van der Waals surface area contributed by atoms with Gasteiger partial charge in [0.2, 0.25) is 0 Å². The zero-order valence-corrected chi connectivity index (χ0v) is 13.2. The van der Waals surface area contributed by atoms with Gasteiger partial charge < -0.3 is 14.8 Å². The van der Waals surface area contributed by atoms with Crippen LogP contribution in [0.3, 0.4) is 0 Å². The number of rotatable bonds is 4. The lowest BCUT2D eigenvalue weighted by Crippen LogP contribution is -2.41. The summed E-state index contributed by atoms with van der Waals surface area (Å²) in [5.74, 6) is 0.141. The first-order valence-electron chi connectivity index (χ1n) is 7.89. The molecule has 0 saturated carbocycles. The molecule has 2 aromatic rings. The Balaban J connectivity index is 1.87. The van der Waals surface area contributed by atoms with Gasteiger partial charge in [-0.15, -0.1) is 0 Å². The molecule has 1 amide bonds. The second-order valence-electron chi connectivity index (χ2n) is 5.88. The zero-order chi connectivity index (χ0) is 15.5. The Labute approximate surface area is 131 Å². The molecule has 1 atom stereocenters. The summed E-state index contributed by atoms with van der Waals surface area (Å²) in [6, 6.07) is 14.5. The molecule has 1 unspecified atom stereocenters. The largest absolute Gasteiger partial charge is 0.340 e. The molecule has 1 aliphatic rings. The van der Waals surface area contributed by atoms with E-state index in [-0.39, 0.29) is 5.91 Å². The first-order valence-corrected chi connectivity index (χ1v) is 7.89. The highest BCUT2D eigenvalue weighted by molar-refractivity contribution is 5.94. The molecule has 0 spiro atoms. The molecule has 4 nitrogen and oxygen atoms in total. The number of carbonyl (C=O) groups excluding carboxylic acids is 1. The number of carbonyl (C=O) groups is 1. The van der Waals surface area contributed by atoms with Crippen molar-refractivity contribution in [3.05, 3.63) is 48.2 Å². The average molecular weight is 297 g/mol. The predicted molar refractivity (Wildman–Crippen MR) is 88.8 cm³/mol. The van der Waals surface area contributed by atoms with E-state index in [1.54, 1.807) is 0 Å². The molecule has 2 heterocycles. The highest BCUT2D eigenvalue weighted by atomic mass is 16.2. The Bertz CT molecular complexity index is 648. The first-order chi connectivity index (χ1) is 10.7. The average Bonchev–Trinajstić information content (AvgIpc) is 3.15. The zero-order valence-electron chi connectivity index (χ0n) is 13.2. The maximum Gasteiger partial charge on any atom is 0.270 e. The summed E-state index contributed by atoms with van der Waals surface area (Å²) in [4.78, 5) is 14.9. The van der Waals surface area contributed by atoms with E-state index in [4.69, 9.17) is 0 Å². The second-order valence-corrected chi connectivity index (χ2v) is 5.88. The minimum absolute atomic E-state index is 0.141. The van der Waals surface area contributed by atoms with Gasteiger partial charge in [-0.25, -0.2) is 0 Å². The third kappa shape index (κ3) is 2.66. The van der Waals surface area contributed by atoms with Crippen LogP contribution in [0.5, 0.6) is 0 Å². The molecule has 116 valence electrons. The molecular weight excluding hydrogens is 274 g/mol. The number of likely N-dealkylation sites (N-methyl/N-ethyl adjacent to an activating group) is 1. The van der Waals surface area contributed by atoms with Crippen LogP contribution in [0.15, 0.2) is 42.5 Å². The fourth-order valence-electron chi connectivity index (χ4n) is 3.32. The Morgan fingerprint density at radius 2 is 2.00 bits per heavy atom. The molecule has 1 aliphatic heterocycles. The Morgan fingerprint density at radius 3 is 2.73 bits per heavy atom. The molecule has 1 aromatic carbocycles. The van der Waals surface area contributed by atoms with E-state index < -0.39 is 0 Å². The number of hydrogen-bond donors (Lipinski definition) is 1. The highest BCUT2D eigenvalue weighted by Crippen LogP contribution is 2.24. The summed E-state index contributed by atoms with van der Waals surface area (Å²) in [7, 11) is 3.91. The van der Waals surface area contributed by atoms with Crippen molar-refractivity contribution in [3.8, 4) is 11.3 Å². The van der Waals surface area contributed by atoms with E-state index in [0.29, 0.717) is 6.04 Å². The molecule has 0 radical (unpaired) electrons. The van der Waals surface area contributed by atoms with Crippen LogP contribution in [0.4, 0.5) is 0 Å². The maximum atomic E-state index is 12.9. The van der Waals surface area contributed by atoms with E-state index in [2.05, 4.69) is 17.4 Å². The lowest BCUT2D eigenvalue weighted by molar-refractivity contribution is 0.0727. The van der Waals surface area contributed by atoms with E-state index >= 15 is 0 Å². The Morgan fingerprint density at radius 1 is 1.23 bits per heavy atom. The van der Waals surface area contributed by atoms with Gasteiger partial charge in [0.25, 0.3) is 5.91 Å². The number of hydrogen-bond acceptors (Lipinski definition) is 2. The number of aromatic nitrogens is 1. The smallest absolute Gasteiger partial charge is 0.270 e. The van der Waals surface area contributed by atoms with Crippen molar-refractivity contribution in [2.75, 3.05) is 20.1 Å². The van der Waals surface area contributed by atoms with Gasteiger partial charge in [0.05, 0.1) is 0 Å². The third-order valence-corrected chi connectivity index (χ3v) is 4.49. The number of likely N-dealkylation sites (tertiary alicyclic amines) is 1. The van der Waals surface area contributed by atoms with E-state index in [1.165, 1.54) is 0 Å². The number of nitrogens with zero attached hydrogens (tertiary/aromatic N) is 2. The van der Waals surface area contributed by atoms with Gasteiger partial charge in [-0.1, -0.05) is 30.3 Å². The Kier molecular flexibility index (Phi) is 4.29. The summed E-state index contributed by atoms with van der Waals surface area (Å²) in [5, 5.41) is 3.19. The van der Waals surface area contributed by atoms with E-state index in [0.717, 1.165) is 42.9 Å². The number of nitrogens with one attached hydrogen (secondary N) is 1. The van der Waals surface area contributed by atoms with Gasteiger partial charge in [-0.05, 0) is 37.6 Å². The van der Waals surface area contributed by atoms with Gasteiger partial charge in [-0.3, -0.25) is 4.79 Å². The van der Waals surface area contributed by atoms with Crippen molar-refractivity contribution in [1.82, 2.24) is 14.8 Å². The number of benzene rings is 1. The van der Waals surface area contributed by atoms with Gasteiger partial charge in [0.15, 0.2) is 0 Å². The van der Waals surface area contributed by atoms with Crippen molar-refractivity contribution < 1.29 is 4.79 Å². The Hall–Kier alpha value is -2.07. The highest BCUT2D eigenvalue weighted by Gasteiger charge is 2.30. The van der Waals surface area contributed by atoms with Crippen LogP contribution in [0.2, 0.25) is 0 Å². The SMILES string of the molecule is CNCC1CCCN1C(=O)c1ccc(-c2ccccc2)n1C. The molecule has 1 aromatic heterocycles. The summed E-state index contributed by atoms with van der Waals surface area (Å²) in [6.45, 7) is 1.72. The van der Waals surface area contributed by atoms with Crippen LogP contribution in [-0.4, -0.2) is 41.6 Å². The summed E-state index contributed by atoms with van der Waals surface area (Å²) < 4.78 is 2.01. The summed E-state index contributed by atoms with van der Waals surface area (Å²) in [6.07, 6.45) is 2.18. The van der Waals surface area contributed by atoms with Crippen LogP contribution in [0, 0.1) is 0 Å². The van der Waals surface area contributed by atoms with Crippen LogP contribution >= 0.6 is 0 Å². The lowest BCUT2D eigenvalue weighted by atomic mass is 10.2. The molecule has 4 heteroatoms. The third-order valence-electron chi connectivity index (χ3n) is 4.49. The number of amides is 1. The minimum atomic E-state index is 0.141. The van der Waals surface area contributed by atoms with Crippen molar-refractivity contribution in [2.24, 2.45) is 7.05 Å². The van der Waals surface area contributed by atoms with Crippen LogP contribution in [0.1, 0.15) is 23.3 Å². The normalized spacial score (nSPS) is 17.9. The van der Waals surface area contributed by atoms with Gasteiger partial charge >= 0.3 is 0 Å². The van der Waals surface area contributed by atoms with Crippen LogP contribution in [0.25, 0.3) is 11.3 Å². The van der Waals surface area contributed by atoms with E-state index in [1.807, 2.05) is 53.9 Å². The van der Waals surface area contributed by atoms with Gasteiger partial charge in [0.1, 0.15) is 5.69 Å². The van der Waals surface area contributed by atoms with Crippen LogP contribution in [-0.2, 0) is 7.05 Å². The molecule has 1 saturated heterocycles. The van der Waals surface area contributed by atoms with Crippen LogP contribution < -0.4 is 5.32 Å². The summed E-state index contributed by atoms with van der Waals surface area (Å²) in [5.41, 5.74) is 2.98. The van der Waals surface area contributed by atoms with Crippen molar-refractivity contribution >= 4 is 5.91 Å². The van der Waals surface area contributed by atoms with Crippen molar-refractivity contribution in [1.29, 1.82) is 0 Å². The molecule has 3 rings (SSSR count). The monoisotopic (exact) mass is 297 g/mol. The lowest BCUT2D eigenvalue weighted by Gasteiger charge is -2.25. The summed E-state index contributed by atoms with van der Waals surface area (Å²) >= 11 is 0. The topological polar surface area (TPSA) is 37.3 Å². The second kappa shape index (κ2) is 6.36. The molecule has 0 bridgehead atoms. The van der Waals surface area contributed by atoms with Crippen molar-refractivity contribution in [2.45, 2.75) is 18.9 Å². The molecule has 0 aliphatic carbocycles. The van der Waals surface area contributed by atoms with Crippen molar-refractivity contribution in [3.63, 3.8) is 0 Å². The molecule has 1 N–H and O–H groups in total. The van der Waals surface area contributed by atoms with Gasteiger partial charge in [-0.2, -0.15) is 0 Å². The van der Waals surface area contributed by atoms with E-state index in [9.17, 15) is 4.79 Å².